The molecule has 4 aromatic carbocycles. The molecule has 0 heterocycles. The predicted octanol–water partition coefficient (Wildman–Crippen LogP) is 7.42. The van der Waals surface area contributed by atoms with Gasteiger partial charge in [-0.2, -0.15) is 0 Å². The molecule has 38 heavy (non-hydrogen) atoms. The summed E-state index contributed by atoms with van der Waals surface area (Å²) in [6.07, 6.45) is 6.21. The normalized spacial score (nSPS) is 13.2. The lowest BCUT2D eigenvalue weighted by Crippen LogP contribution is -2.22. The Balaban J connectivity index is 1.26. The van der Waals surface area contributed by atoms with Gasteiger partial charge in [0.25, 0.3) is 0 Å². The molecule has 0 radical (unpaired) electrons. The molecule has 0 fully saturated rings. The zero-order chi connectivity index (χ0) is 26.5. The molecule has 1 amide bonds. The lowest BCUT2D eigenvalue weighted by molar-refractivity contribution is -0.120. The van der Waals surface area contributed by atoms with Crippen molar-refractivity contribution in [3.05, 3.63) is 142 Å². The zero-order valence-electron chi connectivity index (χ0n) is 20.9. The Labute approximate surface area is 226 Å². The fourth-order valence-electron chi connectivity index (χ4n) is 4.49. The molecule has 1 aliphatic carbocycles. The number of fused-ring (bicyclic) bond motifs is 1. The number of carbonyl (C=O) groups is 2. The van der Waals surface area contributed by atoms with Crippen molar-refractivity contribution in [2.75, 3.05) is 6.26 Å². The molecule has 1 aliphatic rings. The van der Waals surface area contributed by atoms with Gasteiger partial charge in [0, 0.05) is 22.6 Å². The first kappa shape index (κ1) is 25.4. The summed E-state index contributed by atoms with van der Waals surface area (Å²) in [5.74, 6) is -0.517. The first-order valence-corrected chi connectivity index (χ1v) is 13.5. The molecule has 4 aromatic rings. The quantitative estimate of drug-likeness (QED) is 0.195. The van der Waals surface area contributed by atoms with E-state index in [0.29, 0.717) is 17.7 Å². The Morgan fingerprint density at radius 1 is 0.842 bits per heavy atom. The van der Waals surface area contributed by atoms with Gasteiger partial charge in [-0.25, -0.2) is 4.39 Å². The maximum atomic E-state index is 14.1. The van der Waals surface area contributed by atoms with Crippen molar-refractivity contribution in [1.29, 1.82) is 0 Å². The van der Waals surface area contributed by atoms with Crippen molar-refractivity contribution in [1.82, 2.24) is 5.32 Å². The van der Waals surface area contributed by atoms with Gasteiger partial charge in [0.05, 0.1) is 6.42 Å². The maximum Gasteiger partial charge on any atom is 0.224 e. The van der Waals surface area contributed by atoms with Gasteiger partial charge >= 0.3 is 0 Å². The Bertz CT molecular complexity index is 1540. The molecule has 188 valence electrons. The van der Waals surface area contributed by atoms with Crippen LogP contribution in [0.25, 0.3) is 17.2 Å². The molecule has 0 spiro atoms. The molecule has 0 saturated heterocycles. The van der Waals surface area contributed by atoms with Crippen molar-refractivity contribution in [3.8, 4) is 0 Å². The third-order valence-corrected chi connectivity index (χ3v) is 7.24. The Morgan fingerprint density at radius 2 is 1.55 bits per heavy atom. The zero-order valence-corrected chi connectivity index (χ0v) is 21.7. The van der Waals surface area contributed by atoms with Gasteiger partial charge < -0.3 is 5.32 Å². The summed E-state index contributed by atoms with van der Waals surface area (Å²) in [4.78, 5) is 26.6. The number of benzene rings is 4. The molecule has 3 nitrogen and oxygen atoms in total. The second-order valence-corrected chi connectivity index (χ2v) is 9.96. The first-order chi connectivity index (χ1) is 18.5. The van der Waals surface area contributed by atoms with Crippen molar-refractivity contribution in [2.45, 2.75) is 17.9 Å². The summed E-state index contributed by atoms with van der Waals surface area (Å²) in [5, 5.41) is 2.95. The third kappa shape index (κ3) is 5.84. The number of allylic oxidation sites excluding steroid dienone is 2. The fraction of sp³-hybridized carbons (Fsp3) is 0.0909. The molecule has 0 aromatic heterocycles. The summed E-state index contributed by atoms with van der Waals surface area (Å²) in [6, 6.07) is 29.3. The van der Waals surface area contributed by atoms with Crippen molar-refractivity contribution in [3.63, 3.8) is 0 Å². The number of halogens is 1. The summed E-state index contributed by atoms with van der Waals surface area (Å²) < 4.78 is 14.1. The van der Waals surface area contributed by atoms with E-state index in [9.17, 15) is 14.0 Å². The Kier molecular flexibility index (Phi) is 7.66. The van der Waals surface area contributed by atoms with Crippen molar-refractivity contribution in [2.24, 2.45) is 0 Å². The highest BCUT2D eigenvalue weighted by molar-refractivity contribution is 7.98. The van der Waals surface area contributed by atoms with E-state index in [1.807, 2.05) is 42.7 Å². The van der Waals surface area contributed by atoms with E-state index in [0.717, 1.165) is 33.4 Å². The maximum absolute atomic E-state index is 14.1. The SMILES string of the molecule is CSc1ccc(/C=C2\C=C(CC(=O)NCc3ccc(C(=O)c4ccccc4)cc3)c3cc(F)ccc32)cc1. The van der Waals surface area contributed by atoms with E-state index in [2.05, 4.69) is 35.7 Å². The van der Waals surface area contributed by atoms with Crippen LogP contribution in [0.15, 0.2) is 108 Å². The van der Waals surface area contributed by atoms with Crippen LogP contribution >= 0.6 is 11.8 Å². The fourth-order valence-corrected chi connectivity index (χ4v) is 4.90. The highest BCUT2D eigenvalue weighted by atomic mass is 32.2. The minimum absolute atomic E-state index is 0.0377. The molecule has 0 atom stereocenters. The highest BCUT2D eigenvalue weighted by Gasteiger charge is 2.21. The smallest absolute Gasteiger partial charge is 0.224 e. The van der Waals surface area contributed by atoms with Gasteiger partial charge in [-0.15, -0.1) is 11.8 Å². The van der Waals surface area contributed by atoms with Crippen LogP contribution in [0.4, 0.5) is 4.39 Å². The lowest BCUT2D eigenvalue weighted by atomic mass is 10.0. The van der Waals surface area contributed by atoms with Crippen LogP contribution in [-0.2, 0) is 11.3 Å². The van der Waals surface area contributed by atoms with E-state index in [-0.39, 0.29) is 23.9 Å². The van der Waals surface area contributed by atoms with Gasteiger partial charge in [-0.3, -0.25) is 9.59 Å². The average molecular weight is 520 g/mol. The number of carbonyl (C=O) groups excluding carboxylic acids is 2. The number of nitrogens with one attached hydrogen (secondary N) is 1. The molecule has 5 rings (SSSR count). The van der Waals surface area contributed by atoms with Crippen LogP contribution in [0.5, 0.6) is 0 Å². The second kappa shape index (κ2) is 11.4. The van der Waals surface area contributed by atoms with E-state index in [1.54, 1.807) is 42.1 Å². The van der Waals surface area contributed by atoms with Gasteiger partial charge in [0.2, 0.25) is 5.91 Å². The van der Waals surface area contributed by atoms with Gasteiger partial charge in [-0.05, 0) is 76.1 Å². The summed E-state index contributed by atoms with van der Waals surface area (Å²) in [5.41, 5.74) is 6.58. The van der Waals surface area contributed by atoms with E-state index in [4.69, 9.17) is 0 Å². The number of ketones is 1. The molecular formula is C33H26FNO2S. The molecular weight excluding hydrogens is 493 g/mol. The largest absolute Gasteiger partial charge is 0.352 e. The van der Waals surface area contributed by atoms with E-state index in [1.165, 1.54) is 17.0 Å². The topological polar surface area (TPSA) is 46.2 Å². The van der Waals surface area contributed by atoms with Gasteiger partial charge in [-0.1, -0.05) is 72.8 Å². The number of amides is 1. The predicted molar refractivity (Wildman–Crippen MR) is 153 cm³/mol. The molecule has 0 saturated carbocycles. The summed E-state index contributed by atoms with van der Waals surface area (Å²) in [7, 11) is 0. The second-order valence-electron chi connectivity index (χ2n) is 9.08. The van der Waals surface area contributed by atoms with Crippen molar-refractivity contribution >= 4 is 40.7 Å². The first-order valence-electron chi connectivity index (χ1n) is 12.3. The third-order valence-electron chi connectivity index (χ3n) is 6.50. The Hall–Kier alpha value is -4.22. The molecule has 5 heteroatoms. The van der Waals surface area contributed by atoms with Crippen LogP contribution in [0.2, 0.25) is 0 Å². The van der Waals surface area contributed by atoms with Crippen LogP contribution in [0.1, 0.15) is 44.6 Å². The molecule has 0 aliphatic heterocycles. The minimum atomic E-state index is -0.328. The number of hydrogen-bond acceptors (Lipinski definition) is 3. The standard InChI is InChI=1S/C33H26FNO2S/c1-38-29-14-9-22(10-15-29)17-26-18-27(31-20-28(34)13-16-30(26)31)19-32(36)35-21-23-7-11-25(12-8-23)33(37)24-5-3-2-4-6-24/h2-18,20H,19,21H2,1H3,(H,35,36)/b26-17+. The summed E-state index contributed by atoms with van der Waals surface area (Å²) >= 11 is 1.69. The number of hydrogen-bond donors (Lipinski definition) is 1. The molecule has 0 unspecified atom stereocenters. The van der Waals surface area contributed by atoms with E-state index < -0.39 is 0 Å². The van der Waals surface area contributed by atoms with E-state index >= 15 is 0 Å². The van der Waals surface area contributed by atoms with Crippen LogP contribution < -0.4 is 5.32 Å². The van der Waals surface area contributed by atoms with Crippen molar-refractivity contribution < 1.29 is 14.0 Å². The average Bonchev–Trinajstić information content (AvgIpc) is 3.28. The van der Waals surface area contributed by atoms with Gasteiger partial charge in [0.1, 0.15) is 5.82 Å². The number of thioether (sulfide) groups is 1. The molecule has 1 N–H and O–H groups in total. The lowest BCUT2D eigenvalue weighted by Gasteiger charge is -2.09. The molecule has 0 bridgehead atoms. The van der Waals surface area contributed by atoms with Crippen LogP contribution in [0.3, 0.4) is 0 Å². The Morgan fingerprint density at radius 3 is 2.26 bits per heavy atom. The highest BCUT2D eigenvalue weighted by Crippen LogP contribution is 2.38. The van der Waals surface area contributed by atoms with Gasteiger partial charge in [0.15, 0.2) is 5.78 Å². The minimum Gasteiger partial charge on any atom is -0.352 e. The monoisotopic (exact) mass is 519 g/mol. The van der Waals surface area contributed by atoms with Crippen LogP contribution in [0, 0.1) is 5.82 Å². The summed E-state index contributed by atoms with van der Waals surface area (Å²) in [6.45, 7) is 0.340. The van der Waals surface area contributed by atoms with Crippen LogP contribution in [-0.4, -0.2) is 17.9 Å². The number of rotatable bonds is 8.